The molecule has 1 aromatic rings. The summed E-state index contributed by atoms with van der Waals surface area (Å²) in [6, 6.07) is 2.58. The van der Waals surface area contributed by atoms with Gasteiger partial charge in [-0.15, -0.1) is 0 Å². The third-order valence-electron chi connectivity index (χ3n) is 2.71. The van der Waals surface area contributed by atoms with Crippen molar-refractivity contribution in [3.05, 3.63) is 35.1 Å². The van der Waals surface area contributed by atoms with Crippen LogP contribution in [0.5, 0.6) is 0 Å². The van der Waals surface area contributed by atoms with E-state index in [0.29, 0.717) is 6.07 Å². The molecule has 1 atom stereocenters. The van der Waals surface area contributed by atoms with Gasteiger partial charge in [0.25, 0.3) is 0 Å². The summed E-state index contributed by atoms with van der Waals surface area (Å²) in [6.45, 7) is 0. The zero-order valence-electron chi connectivity index (χ0n) is 8.26. The maximum atomic E-state index is 13.2. The van der Waals surface area contributed by atoms with Crippen LogP contribution in [0.4, 0.5) is 17.6 Å². The van der Waals surface area contributed by atoms with Gasteiger partial charge in [-0.1, -0.05) is 6.07 Å². The third-order valence-corrected chi connectivity index (χ3v) is 2.71. The Hall–Kier alpha value is -1.10. The van der Waals surface area contributed by atoms with Crippen LogP contribution >= 0.6 is 0 Å². The van der Waals surface area contributed by atoms with Gasteiger partial charge in [0.2, 0.25) is 0 Å². The molecule has 0 spiro atoms. The average molecular weight is 234 g/mol. The van der Waals surface area contributed by atoms with Crippen LogP contribution in [0.25, 0.3) is 0 Å². The van der Waals surface area contributed by atoms with Crippen molar-refractivity contribution in [2.24, 2.45) is 5.92 Å². The molecule has 1 unspecified atom stereocenters. The van der Waals surface area contributed by atoms with Crippen LogP contribution in [0.2, 0.25) is 0 Å². The first-order chi connectivity index (χ1) is 7.39. The van der Waals surface area contributed by atoms with E-state index in [4.69, 9.17) is 0 Å². The van der Waals surface area contributed by atoms with Crippen LogP contribution in [0.1, 0.15) is 30.1 Å². The van der Waals surface area contributed by atoms with Gasteiger partial charge in [-0.05, 0) is 36.5 Å². The minimum absolute atomic E-state index is 0.0659. The molecular formula is C11H10F4O. The van der Waals surface area contributed by atoms with E-state index >= 15 is 0 Å². The van der Waals surface area contributed by atoms with E-state index in [2.05, 4.69) is 0 Å². The highest BCUT2D eigenvalue weighted by molar-refractivity contribution is 5.28. The lowest BCUT2D eigenvalue weighted by Gasteiger charge is -2.12. The number of rotatable bonds is 2. The molecule has 0 bridgehead atoms. The van der Waals surface area contributed by atoms with Crippen molar-refractivity contribution in [2.75, 3.05) is 0 Å². The van der Waals surface area contributed by atoms with E-state index in [9.17, 15) is 22.7 Å². The number of hydrogen-bond donors (Lipinski definition) is 1. The number of benzene rings is 1. The molecule has 5 heteroatoms. The molecule has 0 aliphatic heterocycles. The van der Waals surface area contributed by atoms with Gasteiger partial charge in [0, 0.05) is 0 Å². The normalized spacial score (nSPS) is 18.6. The fourth-order valence-electron chi connectivity index (χ4n) is 1.63. The Labute approximate surface area is 89.7 Å². The highest BCUT2D eigenvalue weighted by Crippen LogP contribution is 2.41. The third kappa shape index (κ3) is 2.19. The largest absolute Gasteiger partial charge is 0.419 e. The Kier molecular flexibility index (Phi) is 2.66. The van der Waals surface area contributed by atoms with Gasteiger partial charge < -0.3 is 5.11 Å². The summed E-state index contributed by atoms with van der Waals surface area (Å²) in [6.07, 6.45) is -3.86. The molecule has 1 fully saturated rings. The van der Waals surface area contributed by atoms with Gasteiger partial charge in [-0.25, -0.2) is 4.39 Å². The maximum absolute atomic E-state index is 13.2. The Morgan fingerprint density at radius 2 is 1.88 bits per heavy atom. The molecule has 0 radical (unpaired) electrons. The molecule has 16 heavy (non-hydrogen) atoms. The molecule has 0 aromatic heterocycles. The molecule has 1 N–H and O–H groups in total. The fourth-order valence-corrected chi connectivity index (χ4v) is 1.63. The van der Waals surface area contributed by atoms with Crippen molar-refractivity contribution in [1.29, 1.82) is 0 Å². The number of aliphatic hydroxyl groups excluding tert-OH is 1. The Morgan fingerprint density at radius 1 is 1.25 bits per heavy atom. The molecular weight excluding hydrogens is 224 g/mol. The van der Waals surface area contributed by atoms with Crippen molar-refractivity contribution in [1.82, 2.24) is 0 Å². The van der Waals surface area contributed by atoms with Crippen molar-refractivity contribution in [2.45, 2.75) is 25.1 Å². The quantitative estimate of drug-likeness (QED) is 0.778. The SMILES string of the molecule is OC(c1ccc(C(F)(F)F)c(F)c1)C1CC1. The molecule has 88 valence electrons. The fraction of sp³-hybridized carbons (Fsp3) is 0.455. The summed E-state index contributed by atoms with van der Waals surface area (Å²) in [5, 5.41) is 9.63. The van der Waals surface area contributed by atoms with Gasteiger partial charge in [0.1, 0.15) is 5.82 Å². The predicted molar refractivity (Wildman–Crippen MR) is 49.1 cm³/mol. The summed E-state index contributed by atoms with van der Waals surface area (Å²) in [4.78, 5) is 0. The summed E-state index contributed by atoms with van der Waals surface area (Å²) in [5.74, 6) is -1.26. The van der Waals surface area contributed by atoms with Gasteiger partial charge in [-0.2, -0.15) is 13.2 Å². The summed E-state index contributed by atoms with van der Waals surface area (Å²) < 4.78 is 49.9. The zero-order chi connectivity index (χ0) is 11.9. The van der Waals surface area contributed by atoms with E-state index < -0.39 is 23.7 Å². The lowest BCUT2D eigenvalue weighted by molar-refractivity contribution is -0.140. The number of hydrogen-bond acceptors (Lipinski definition) is 1. The molecule has 1 saturated carbocycles. The predicted octanol–water partition coefficient (Wildman–Crippen LogP) is 3.29. The highest BCUT2D eigenvalue weighted by atomic mass is 19.4. The Bertz CT molecular complexity index is 395. The molecule has 1 aliphatic carbocycles. The Balaban J connectivity index is 2.28. The van der Waals surface area contributed by atoms with Crippen molar-refractivity contribution >= 4 is 0 Å². The number of aliphatic hydroxyl groups is 1. The number of alkyl halides is 3. The van der Waals surface area contributed by atoms with E-state index in [0.717, 1.165) is 25.0 Å². The smallest absolute Gasteiger partial charge is 0.388 e. The van der Waals surface area contributed by atoms with Crippen LogP contribution in [-0.2, 0) is 6.18 Å². The van der Waals surface area contributed by atoms with Crippen molar-refractivity contribution in [3.8, 4) is 0 Å². The van der Waals surface area contributed by atoms with Gasteiger partial charge in [0.15, 0.2) is 0 Å². The average Bonchev–Trinajstić information content (AvgIpc) is 2.97. The lowest BCUT2D eigenvalue weighted by atomic mass is 10.0. The van der Waals surface area contributed by atoms with Crippen molar-refractivity contribution < 1.29 is 22.7 Å². The number of halogens is 4. The van der Waals surface area contributed by atoms with E-state index in [1.165, 1.54) is 0 Å². The molecule has 0 amide bonds. The monoisotopic (exact) mass is 234 g/mol. The van der Waals surface area contributed by atoms with Crippen LogP contribution in [0.15, 0.2) is 18.2 Å². The van der Waals surface area contributed by atoms with E-state index in [1.807, 2.05) is 0 Å². The first-order valence-electron chi connectivity index (χ1n) is 4.94. The molecule has 1 aliphatic rings. The Morgan fingerprint density at radius 3 is 2.31 bits per heavy atom. The summed E-state index contributed by atoms with van der Waals surface area (Å²) >= 11 is 0. The maximum Gasteiger partial charge on any atom is 0.419 e. The molecule has 2 rings (SSSR count). The standard InChI is InChI=1S/C11H10F4O/c12-9-5-7(10(16)6-1-2-6)3-4-8(9)11(13,14)15/h3-6,10,16H,1-2H2. The summed E-state index contributed by atoms with van der Waals surface area (Å²) in [5.41, 5.74) is -1.08. The second kappa shape index (κ2) is 3.73. The summed E-state index contributed by atoms with van der Waals surface area (Å²) in [7, 11) is 0. The topological polar surface area (TPSA) is 20.2 Å². The van der Waals surface area contributed by atoms with Crippen LogP contribution in [0.3, 0.4) is 0 Å². The first-order valence-corrected chi connectivity index (χ1v) is 4.94. The van der Waals surface area contributed by atoms with E-state index in [1.54, 1.807) is 0 Å². The highest BCUT2D eigenvalue weighted by Gasteiger charge is 2.36. The minimum Gasteiger partial charge on any atom is -0.388 e. The minimum atomic E-state index is -4.69. The van der Waals surface area contributed by atoms with E-state index in [-0.39, 0.29) is 11.5 Å². The first kappa shape index (κ1) is 11.4. The molecule has 1 aromatic carbocycles. The van der Waals surface area contributed by atoms with Gasteiger partial charge in [-0.3, -0.25) is 0 Å². The van der Waals surface area contributed by atoms with Gasteiger partial charge in [0.05, 0.1) is 11.7 Å². The second-order valence-electron chi connectivity index (χ2n) is 4.02. The molecule has 0 heterocycles. The van der Waals surface area contributed by atoms with Crippen LogP contribution < -0.4 is 0 Å². The lowest BCUT2D eigenvalue weighted by Crippen LogP contribution is -2.09. The van der Waals surface area contributed by atoms with Crippen LogP contribution in [-0.4, -0.2) is 5.11 Å². The molecule has 1 nitrogen and oxygen atoms in total. The second-order valence-corrected chi connectivity index (χ2v) is 4.02. The zero-order valence-corrected chi connectivity index (χ0v) is 8.26. The molecule has 0 saturated heterocycles. The van der Waals surface area contributed by atoms with Crippen LogP contribution in [0, 0.1) is 11.7 Å². The van der Waals surface area contributed by atoms with Crippen molar-refractivity contribution in [3.63, 3.8) is 0 Å². The van der Waals surface area contributed by atoms with Gasteiger partial charge >= 0.3 is 6.18 Å².